The Morgan fingerprint density at radius 3 is 3.06 bits per heavy atom. The third-order valence-corrected chi connectivity index (χ3v) is 3.91. The summed E-state index contributed by atoms with van der Waals surface area (Å²) in [4.78, 5) is 6.81. The first kappa shape index (κ1) is 13.5. The van der Waals surface area contributed by atoms with Gasteiger partial charge in [0.1, 0.15) is 0 Å². The summed E-state index contributed by atoms with van der Waals surface area (Å²) in [7, 11) is 0. The van der Waals surface area contributed by atoms with Crippen molar-refractivity contribution < 1.29 is 5.11 Å². The highest BCUT2D eigenvalue weighted by Gasteiger charge is 2.27. The molecule has 0 bridgehead atoms. The van der Waals surface area contributed by atoms with E-state index < -0.39 is 0 Å². The van der Waals surface area contributed by atoms with Crippen molar-refractivity contribution >= 4 is 0 Å². The fraction of sp³-hybridized carbons (Fsp3) is 0.667. The Kier molecular flexibility index (Phi) is 5.14. The lowest BCUT2D eigenvalue weighted by atomic mass is 9.95. The number of pyridine rings is 1. The second kappa shape index (κ2) is 6.86. The molecule has 2 atom stereocenters. The van der Waals surface area contributed by atoms with E-state index in [2.05, 4.69) is 22.9 Å². The van der Waals surface area contributed by atoms with Gasteiger partial charge in [-0.05, 0) is 37.9 Å². The van der Waals surface area contributed by atoms with E-state index in [4.69, 9.17) is 0 Å². The van der Waals surface area contributed by atoms with Crippen LogP contribution in [0.4, 0.5) is 0 Å². The number of aliphatic hydroxyl groups is 1. The summed E-state index contributed by atoms with van der Waals surface area (Å²) >= 11 is 0. The molecule has 18 heavy (non-hydrogen) atoms. The Labute approximate surface area is 110 Å². The van der Waals surface area contributed by atoms with Gasteiger partial charge in [-0.1, -0.05) is 19.4 Å². The molecule has 1 aromatic rings. The number of aliphatic hydroxyl groups excluding tert-OH is 1. The van der Waals surface area contributed by atoms with Crippen LogP contribution < -0.4 is 0 Å². The summed E-state index contributed by atoms with van der Waals surface area (Å²) in [6.45, 7) is 4.20. The Balaban J connectivity index is 1.89. The van der Waals surface area contributed by atoms with Crippen LogP contribution in [0.25, 0.3) is 0 Å². The van der Waals surface area contributed by atoms with Crippen molar-refractivity contribution in [1.29, 1.82) is 0 Å². The molecule has 1 aliphatic heterocycles. The summed E-state index contributed by atoms with van der Waals surface area (Å²) in [5.74, 6) is 0. The standard InChI is InChI=1S/C15H24N2O/c1-2-15(18)14-8-4-6-11-17(14)12-9-13-7-3-5-10-16-13/h3,5,7,10,14-15,18H,2,4,6,8-9,11-12H2,1H3. The molecule has 0 aliphatic carbocycles. The molecule has 0 saturated carbocycles. The van der Waals surface area contributed by atoms with Gasteiger partial charge in [-0.2, -0.15) is 0 Å². The number of piperidine rings is 1. The van der Waals surface area contributed by atoms with Gasteiger partial charge in [0.25, 0.3) is 0 Å². The highest BCUT2D eigenvalue weighted by molar-refractivity contribution is 5.04. The lowest BCUT2D eigenvalue weighted by molar-refractivity contribution is 0.0246. The maximum Gasteiger partial charge on any atom is 0.0692 e. The summed E-state index contributed by atoms with van der Waals surface area (Å²) in [6.07, 6.45) is 7.16. The van der Waals surface area contributed by atoms with Gasteiger partial charge in [-0.3, -0.25) is 9.88 Å². The minimum Gasteiger partial charge on any atom is -0.392 e. The highest BCUT2D eigenvalue weighted by atomic mass is 16.3. The van der Waals surface area contributed by atoms with Gasteiger partial charge in [-0.15, -0.1) is 0 Å². The zero-order chi connectivity index (χ0) is 12.8. The monoisotopic (exact) mass is 248 g/mol. The number of nitrogens with zero attached hydrogens (tertiary/aromatic N) is 2. The van der Waals surface area contributed by atoms with Crippen LogP contribution in [0, 0.1) is 0 Å². The predicted octanol–water partition coefficient (Wildman–Crippen LogP) is 2.25. The first-order chi connectivity index (χ1) is 8.81. The third-order valence-electron chi connectivity index (χ3n) is 3.91. The van der Waals surface area contributed by atoms with Gasteiger partial charge in [0.2, 0.25) is 0 Å². The first-order valence-corrected chi connectivity index (χ1v) is 7.13. The van der Waals surface area contributed by atoms with Gasteiger partial charge in [0.05, 0.1) is 6.10 Å². The van der Waals surface area contributed by atoms with Gasteiger partial charge in [-0.25, -0.2) is 0 Å². The minimum atomic E-state index is -0.172. The molecule has 1 aliphatic rings. The second-order valence-electron chi connectivity index (χ2n) is 5.15. The molecule has 0 spiro atoms. The molecule has 2 unspecified atom stereocenters. The molecule has 3 nitrogen and oxygen atoms in total. The molecule has 0 aromatic carbocycles. The highest BCUT2D eigenvalue weighted by Crippen LogP contribution is 2.21. The molecule has 0 radical (unpaired) electrons. The molecule has 1 N–H and O–H groups in total. The topological polar surface area (TPSA) is 36.4 Å². The molecule has 3 heteroatoms. The van der Waals surface area contributed by atoms with Crippen LogP contribution in [0.15, 0.2) is 24.4 Å². The van der Waals surface area contributed by atoms with Crippen molar-refractivity contribution in [3.63, 3.8) is 0 Å². The average Bonchev–Trinajstić information content (AvgIpc) is 2.45. The Morgan fingerprint density at radius 1 is 1.44 bits per heavy atom. The summed E-state index contributed by atoms with van der Waals surface area (Å²) in [5, 5.41) is 10.1. The Morgan fingerprint density at radius 2 is 2.33 bits per heavy atom. The molecule has 100 valence electrons. The largest absolute Gasteiger partial charge is 0.392 e. The number of rotatable bonds is 5. The maximum absolute atomic E-state index is 10.1. The van der Waals surface area contributed by atoms with Crippen LogP contribution >= 0.6 is 0 Å². The smallest absolute Gasteiger partial charge is 0.0692 e. The summed E-state index contributed by atoms with van der Waals surface area (Å²) < 4.78 is 0. The number of hydrogen-bond acceptors (Lipinski definition) is 3. The Hall–Kier alpha value is -0.930. The van der Waals surface area contributed by atoms with Crippen LogP contribution in [0.3, 0.4) is 0 Å². The van der Waals surface area contributed by atoms with Crippen molar-refractivity contribution in [3.8, 4) is 0 Å². The van der Waals surface area contributed by atoms with Gasteiger partial charge in [0, 0.05) is 30.9 Å². The lowest BCUT2D eigenvalue weighted by Crippen LogP contribution is -2.47. The Bertz CT molecular complexity index is 342. The van der Waals surface area contributed by atoms with E-state index in [0.717, 1.165) is 38.0 Å². The van der Waals surface area contributed by atoms with Crippen LogP contribution in [-0.4, -0.2) is 40.2 Å². The third kappa shape index (κ3) is 3.53. The van der Waals surface area contributed by atoms with Crippen molar-refractivity contribution in [2.75, 3.05) is 13.1 Å². The zero-order valence-corrected chi connectivity index (χ0v) is 11.3. The number of aromatic nitrogens is 1. The minimum absolute atomic E-state index is 0.172. The number of hydrogen-bond donors (Lipinski definition) is 1. The fourth-order valence-electron chi connectivity index (χ4n) is 2.81. The van der Waals surface area contributed by atoms with E-state index in [-0.39, 0.29) is 6.10 Å². The van der Waals surface area contributed by atoms with E-state index in [0.29, 0.717) is 6.04 Å². The molecule has 2 rings (SSSR count). The fourth-order valence-corrected chi connectivity index (χ4v) is 2.81. The molecule has 2 heterocycles. The average molecular weight is 248 g/mol. The quantitative estimate of drug-likeness (QED) is 0.868. The predicted molar refractivity (Wildman–Crippen MR) is 73.5 cm³/mol. The summed E-state index contributed by atoms with van der Waals surface area (Å²) in [5.41, 5.74) is 1.15. The van der Waals surface area contributed by atoms with Crippen molar-refractivity contribution in [2.24, 2.45) is 0 Å². The van der Waals surface area contributed by atoms with E-state index in [9.17, 15) is 5.11 Å². The van der Waals surface area contributed by atoms with Crippen molar-refractivity contribution in [3.05, 3.63) is 30.1 Å². The van der Waals surface area contributed by atoms with Gasteiger partial charge in [0.15, 0.2) is 0 Å². The van der Waals surface area contributed by atoms with Crippen LogP contribution in [-0.2, 0) is 6.42 Å². The van der Waals surface area contributed by atoms with Crippen molar-refractivity contribution in [1.82, 2.24) is 9.88 Å². The maximum atomic E-state index is 10.1. The lowest BCUT2D eigenvalue weighted by Gasteiger charge is -2.38. The first-order valence-electron chi connectivity index (χ1n) is 7.13. The van der Waals surface area contributed by atoms with E-state index >= 15 is 0 Å². The van der Waals surface area contributed by atoms with Crippen LogP contribution in [0.5, 0.6) is 0 Å². The van der Waals surface area contributed by atoms with Gasteiger partial charge < -0.3 is 5.11 Å². The van der Waals surface area contributed by atoms with E-state index in [1.165, 1.54) is 12.8 Å². The number of likely N-dealkylation sites (tertiary alicyclic amines) is 1. The molecule has 0 amide bonds. The van der Waals surface area contributed by atoms with Gasteiger partial charge >= 0.3 is 0 Å². The summed E-state index contributed by atoms with van der Waals surface area (Å²) in [6, 6.07) is 6.42. The molecular weight excluding hydrogens is 224 g/mol. The zero-order valence-electron chi connectivity index (χ0n) is 11.3. The molecule has 1 saturated heterocycles. The molecule has 1 fully saturated rings. The molecular formula is C15H24N2O. The van der Waals surface area contributed by atoms with E-state index in [1.54, 1.807) is 0 Å². The van der Waals surface area contributed by atoms with E-state index in [1.807, 2.05) is 18.3 Å². The van der Waals surface area contributed by atoms with Crippen molar-refractivity contribution in [2.45, 2.75) is 51.2 Å². The SMILES string of the molecule is CCC(O)C1CCCCN1CCc1ccccn1. The second-order valence-corrected chi connectivity index (χ2v) is 5.15. The van der Waals surface area contributed by atoms with Crippen LogP contribution in [0.2, 0.25) is 0 Å². The normalized spacial score (nSPS) is 22.9. The van der Waals surface area contributed by atoms with Crippen LogP contribution in [0.1, 0.15) is 38.3 Å². The molecule has 1 aromatic heterocycles.